The van der Waals surface area contributed by atoms with E-state index in [1.165, 1.54) is 10.6 Å². The molecule has 0 spiro atoms. The number of rotatable bonds is 1. The predicted octanol–water partition coefficient (Wildman–Crippen LogP) is 3.36. The lowest BCUT2D eigenvalue weighted by atomic mass is 9.90. The highest BCUT2D eigenvalue weighted by Gasteiger charge is 2.36. The van der Waals surface area contributed by atoms with Gasteiger partial charge < -0.3 is 0 Å². The summed E-state index contributed by atoms with van der Waals surface area (Å²) in [6, 6.07) is 1.34. The lowest BCUT2D eigenvalue weighted by molar-refractivity contribution is 0.145. The van der Waals surface area contributed by atoms with Gasteiger partial charge in [0.2, 0.25) is 0 Å². The monoisotopic (exact) mass is 249 g/mol. The first-order chi connectivity index (χ1) is 8.40. The van der Waals surface area contributed by atoms with Crippen LogP contribution in [0.4, 0.5) is 8.78 Å². The second-order valence-electron chi connectivity index (χ2n) is 5.32. The van der Waals surface area contributed by atoms with Crippen molar-refractivity contribution < 1.29 is 8.78 Å². The Morgan fingerprint density at radius 1 is 1.44 bits per heavy atom. The van der Waals surface area contributed by atoms with E-state index in [4.69, 9.17) is 0 Å². The summed E-state index contributed by atoms with van der Waals surface area (Å²) in [6.45, 7) is 8.14. The fourth-order valence-corrected chi connectivity index (χ4v) is 2.68. The third kappa shape index (κ3) is 1.39. The topological polar surface area (TPSA) is 30.2 Å². The van der Waals surface area contributed by atoms with Gasteiger partial charge in [-0.1, -0.05) is 20.4 Å². The van der Waals surface area contributed by atoms with Gasteiger partial charge in [-0.15, -0.1) is 0 Å². The molecule has 3 rings (SSSR count). The molecule has 2 heterocycles. The standard InChI is InChI=1S/C13H13F2N3/c1-7-5-13(2,3)11-8(7)6-16-10-4-9(12(14)15)17-18(10)11/h4,6,12H,1,5H2,2-3H3. The summed E-state index contributed by atoms with van der Waals surface area (Å²) in [5.41, 5.74) is 2.91. The highest BCUT2D eigenvalue weighted by Crippen LogP contribution is 2.44. The Morgan fingerprint density at radius 2 is 2.17 bits per heavy atom. The number of aromatic nitrogens is 3. The minimum absolute atomic E-state index is 0.154. The molecule has 0 fully saturated rings. The van der Waals surface area contributed by atoms with Crippen LogP contribution < -0.4 is 0 Å². The molecule has 0 atom stereocenters. The second kappa shape index (κ2) is 3.37. The Balaban J connectivity index is 2.35. The van der Waals surface area contributed by atoms with Crippen molar-refractivity contribution in [2.24, 2.45) is 0 Å². The van der Waals surface area contributed by atoms with Crippen molar-refractivity contribution in [2.75, 3.05) is 0 Å². The summed E-state index contributed by atoms with van der Waals surface area (Å²) in [6.07, 6.45) is -0.0684. The number of halogens is 2. The van der Waals surface area contributed by atoms with E-state index in [2.05, 4.69) is 30.5 Å². The van der Waals surface area contributed by atoms with Crippen LogP contribution in [0.3, 0.4) is 0 Å². The molecule has 2 aromatic rings. The summed E-state index contributed by atoms with van der Waals surface area (Å²) >= 11 is 0. The molecule has 0 N–H and O–H groups in total. The Hall–Kier alpha value is -1.78. The molecular weight excluding hydrogens is 236 g/mol. The first kappa shape index (κ1) is 11.3. The first-order valence-electron chi connectivity index (χ1n) is 5.75. The quantitative estimate of drug-likeness (QED) is 0.775. The average molecular weight is 249 g/mol. The van der Waals surface area contributed by atoms with Gasteiger partial charge in [0.25, 0.3) is 6.43 Å². The zero-order chi connectivity index (χ0) is 13.1. The molecule has 0 amide bonds. The zero-order valence-electron chi connectivity index (χ0n) is 10.2. The molecule has 2 aromatic heterocycles. The van der Waals surface area contributed by atoms with Crippen molar-refractivity contribution in [1.82, 2.24) is 14.6 Å². The van der Waals surface area contributed by atoms with Crippen molar-refractivity contribution in [2.45, 2.75) is 32.1 Å². The van der Waals surface area contributed by atoms with E-state index in [1.807, 2.05) is 0 Å². The second-order valence-corrected chi connectivity index (χ2v) is 5.32. The van der Waals surface area contributed by atoms with Gasteiger partial charge in [-0.05, 0) is 12.0 Å². The normalized spacial score (nSPS) is 17.7. The van der Waals surface area contributed by atoms with Crippen LogP contribution in [-0.4, -0.2) is 14.6 Å². The van der Waals surface area contributed by atoms with E-state index in [0.717, 1.165) is 23.3 Å². The number of alkyl halides is 2. The fourth-order valence-electron chi connectivity index (χ4n) is 2.68. The van der Waals surface area contributed by atoms with E-state index in [-0.39, 0.29) is 11.1 Å². The number of hydrogen-bond donors (Lipinski definition) is 0. The molecule has 5 heteroatoms. The molecule has 0 radical (unpaired) electrons. The molecule has 0 aromatic carbocycles. The van der Waals surface area contributed by atoms with Crippen LogP contribution in [0.2, 0.25) is 0 Å². The Morgan fingerprint density at radius 3 is 2.83 bits per heavy atom. The van der Waals surface area contributed by atoms with Crippen molar-refractivity contribution in [3.05, 3.63) is 35.8 Å². The van der Waals surface area contributed by atoms with Crippen LogP contribution >= 0.6 is 0 Å². The third-order valence-corrected chi connectivity index (χ3v) is 3.40. The highest BCUT2D eigenvalue weighted by atomic mass is 19.3. The van der Waals surface area contributed by atoms with E-state index in [0.29, 0.717) is 5.65 Å². The van der Waals surface area contributed by atoms with Crippen LogP contribution in [0.25, 0.3) is 11.2 Å². The van der Waals surface area contributed by atoms with Gasteiger partial charge in [0.05, 0.1) is 5.69 Å². The molecule has 94 valence electrons. The lowest BCUT2D eigenvalue weighted by Crippen LogP contribution is -2.17. The maximum absolute atomic E-state index is 12.7. The van der Waals surface area contributed by atoms with Crippen molar-refractivity contribution in [3.8, 4) is 0 Å². The predicted molar refractivity (Wildman–Crippen MR) is 64.6 cm³/mol. The molecule has 0 unspecified atom stereocenters. The maximum atomic E-state index is 12.7. The average Bonchev–Trinajstić information content (AvgIpc) is 2.78. The Kier molecular flexibility index (Phi) is 2.12. The summed E-state index contributed by atoms with van der Waals surface area (Å²) in [7, 11) is 0. The van der Waals surface area contributed by atoms with E-state index >= 15 is 0 Å². The van der Waals surface area contributed by atoms with Crippen molar-refractivity contribution in [1.29, 1.82) is 0 Å². The third-order valence-electron chi connectivity index (χ3n) is 3.40. The molecular formula is C13H13F2N3. The highest BCUT2D eigenvalue weighted by molar-refractivity contribution is 5.73. The molecule has 0 saturated carbocycles. The van der Waals surface area contributed by atoms with Crippen molar-refractivity contribution in [3.63, 3.8) is 0 Å². The molecule has 18 heavy (non-hydrogen) atoms. The number of nitrogens with zero attached hydrogens (tertiary/aromatic N) is 3. The van der Waals surface area contributed by atoms with Crippen LogP contribution in [0.5, 0.6) is 0 Å². The fraction of sp³-hybridized carbons (Fsp3) is 0.385. The smallest absolute Gasteiger partial charge is 0.236 e. The summed E-state index contributed by atoms with van der Waals surface area (Å²) in [5.74, 6) is 0. The van der Waals surface area contributed by atoms with Gasteiger partial charge in [0.1, 0.15) is 5.69 Å². The van der Waals surface area contributed by atoms with E-state index in [1.54, 1.807) is 6.20 Å². The summed E-state index contributed by atoms with van der Waals surface area (Å²) in [5, 5.41) is 3.98. The minimum Gasteiger partial charge on any atom is -0.236 e. The molecule has 1 aliphatic rings. The zero-order valence-corrected chi connectivity index (χ0v) is 10.2. The van der Waals surface area contributed by atoms with E-state index in [9.17, 15) is 8.78 Å². The van der Waals surface area contributed by atoms with Crippen LogP contribution in [0, 0.1) is 0 Å². The van der Waals surface area contributed by atoms with Gasteiger partial charge in [0, 0.05) is 23.2 Å². The van der Waals surface area contributed by atoms with Crippen LogP contribution in [-0.2, 0) is 5.41 Å². The largest absolute Gasteiger partial charge is 0.282 e. The van der Waals surface area contributed by atoms with Gasteiger partial charge in [0.15, 0.2) is 5.65 Å². The molecule has 1 aliphatic carbocycles. The number of fused-ring (bicyclic) bond motifs is 3. The lowest BCUT2D eigenvalue weighted by Gasteiger charge is -2.18. The molecule has 3 nitrogen and oxygen atoms in total. The Labute approximate surface area is 103 Å². The van der Waals surface area contributed by atoms with Crippen LogP contribution in [0.15, 0.2) is 18.8 Å². The Bertz CT molecular complexity index is 656. The number of allylic oxidation sites excluding steroid dienone is 1. The molecule has 0 aliphatic heterocycles. The minimum atomic E-state index is -2.57. The van der Waals surface area contributed by atoms with E-state index < -0.39 is 6.43 Å². The summed E-state index contributed by atoms with van der Waals surface area (Å²) < 4.78 is 26.9. The van der Waals surface area contributed by atoms with Gasteiger partial charge in [-0.3, -0.25) is 0 Å². The molecule has 0 bridgehead atoms. The van der Waals surface area contributed by atoms with Gasteiger partial charge in [-0.25, -0.2) is 18.3 Å². The first-order valence-corrected chi connectivity index (χ1v) is 5.75. The molecule has 0 saturated heterocycles. The van der Waals surface area contributed by atoms with Gasteiger partial charge >= 0.3 is 0 Å². The van der Waals surface area contributed by atoms with Gasteiger partial charge in [-0.2, -0.15) is 5.10 Å². The van der Waals surface area contributed by atoms with Crippen molar-refractivity contribution >= 4 is 11.2 Å². The van der Waals surface area contributed by atoms with Crippen LogP contribution in [0.1, 0.15) is 43.6 Å². The maximum Gasteiger partial charge on any atom is 0.282 e. The number of hydrogen-bond acceptors (Lipinski definition) is 2. The summed E-state index contributed by atoms with van der Waals surface area (Å²) in [4.78, 5) is 4.18. The SMILES string of the molecule is C=C1CC(C)(C)c2c1cnc1cc(C(F)F)nn21.